The van der Waals surface area contributed by atoms with Crippen molar-refractivity contribution in [3.8, 4) is 0 Å². The first kappa shape index (κ1) is 11.4. The van der Waals surface area contributed by atoms with Crippen molar-refractivity contribution in [1.82, 2.24) is 4.57 Å². The molecule has 2 N–H and O–H groups in total. The second kappa shape index (κ2) is 4.08. The minimum atomic E-state index is -0.664. The highest BCUT2D eigenvalue weighted by molar-refractivity contribution is 14.1. The maximum Gasteiger partial charge on any atom is 0.345 e. The second-order valence-electron chi connectivity index (χ2n) is 3.60. The highest BCUT2D eigenvalue weighted by atomic mass is 127. The lowest BCUT2D eigenvalue weighted by atomic mass is 10.2. The molecule has 5 nitrogen and oxygen atoms in total. The molecule has 0 bridgehead atoms. The molecule has 0 saturated carbocycles. The molecule has 2 rings (SSSR count). The third-order valence-electron chi connectivity index (χ3n) is 2.73. The largest absolute Gasteiger partial charge is 0.465 e. The third-order valence-corrected chi connectivity index (χ3v) is 3.93. The Morgan fingerprint density at radius 1 is 1.56 bits per heavy atom. The molecule has 0 radical (unpaired) electrons. The molecule has 0 aromatic carbocycles. The molecule has 16 heavy (non-hydrogen) atoms. The average molecular weight is 334 g/mol. The summed E-state index contributed by atoms with van der Waals surface area (Å²) in [6.07, 6.45) is 1.74. The molecule has 1 aliphatic rings. The van der Waals surface area contributed by atoms with Gasteiger partial charge in [-0.15, -0.1) is 0 Å². The summed E-state index contributed by atoms with van der Waals surface area (Å²) >= 11 is 2.07. The van der Waals surface area contributed by atoms with E-state index in [0.29, 0.717) is 6.54 Å². The van der Waals surface area contributed by atoms with Crippen LogP contribution in [0.2, 0.25) is 0 Å². The number of pyridine rings is 1. The Kier molecular flexibility index (Phi) is 2.92. The molecule has 0 unspecified atom stereocenters. The summed E-state index contributed by atoms with van der Waals surface area (Å²) in [5, 5.41) is 0. The minimum absolute atomic E-state index is 0.0439. The number of fused-ring (bicyclic) bond motifs is 1. The van der Waals surface area contributed by atoms with Crippen molar-refractivity contribution in [3.63, 3.8) is 0 Å². The number of carbonyl (C=O) groups excluding carboxylic acids is 1. The van der Waals surface area contributed by atoms with Crippen LogP contribution >= 0.6 is 22.6 Å². The predicted molar refractivity (Wildman–Crippen MR) is 67.5 cm³/mol. The summed E-state index contributed by atoms with van der Waals surface area (Å²) < 4.78 is 6.98. The Hall–Kier alpha value is -1.05. The lowest BCUT2D eigenvalue weighted by Gasteiger charge is -2.11. The number of carbonyl (C=O) groups is 1. The molecular formula is C10H11IN2O3. The van der Waals surface area contributed by atoms with E-state index in [9.17, 15) is 9.59 Å². The molecular weight excluding hydrogens is 323 g/mol. The SMILES string of the molecule is COC(=O)c1c(N)c(I)c2n(c1=O)CCC2. The molecule has 0 fully saturated rings. The Labute approximate surface area is 106 Å². The number of nitrogens with two attached hydrogens (primary N) is 1. The van der Waals surface area contributed by atoms with E-state index in [4.69, 9.17) is 5.73 Å². The number of rotatable bonds is 1. The summed E-state index contributed by atoms with van der Waals surface area (Å²) in [6.45, 7) is 0.647. The number of ether oxygens (including phenoxy) is 1. The zero-order valence-corrected chi connectivity index (χ0v) is 10.9. The summed E-state index contributed by atoms with van der Waals surface area (Å²) in [5.41, 5.74) is 6.60. The maximum atomic E-state index is 12.0. The molecule has 2 heterocycles. The van der Waals surface area contributed by atoms with Gasteiger partial charge in [-0.3, -0.25) is 4.79 Å². The fourth-order valence-electron chi connectivity index (χ4n) is 1.94. The van der Waals surface area contributed by atoms with Crippen LogP contribution in [-0.4, -0.2) is 17.6 Å². The number of hydrogen-bond acceptors (Lipinski definition) is 4. The van der Waals surface area contributed by atoms with Crippen LogP contribution < -0.4 is 11.3 Å². The lowest BCUT2D eigenvalue weighted by Crippen LogP contribution is -2.29. The van der Waals surface area contributed by atoms with Crippen LogP contribution in [-0.2, 0) is 17.7 Å². The number of nitrogen functional groups attached to an aromatic ring is 1. The summed E-state index contributed by atoms with van der Waals surface area (Å²) in [7, 11) is 1.24. The van der Waals surface area contributed by atoms with Crippen molar-refractivity contribution in [2.75, 3.05) is 12.8 Å². The van der Waals surface area contributed by atoms with Crippen molar-refractivity contribution in [2.45, 2.75) is 19.4 Å². The third kappa shape index (κ3) is 1.51. The molecule has 1 aromatic rings. The fourth-order valence-corrected chi connectivity index (χ4v) is 2.77. The number of esters is 1. The van der Waals surface area contributed by atoms with Gasteiger partial charge in [0.05, 0.1) is 16.4 Å². The first-order chi connectivity index (χ1) is 7.57. The molecule has 86 valence electrons. The van der Waals surface area contributed by atoms with Crippen LogP contribution in [0.1, 0.15) is 22.5 Å². The van der Waals surface area contributed by atoms with Gasteiger partial charge in [-0.1, -0.05) is 0 Å². The van der Waals surface area contributed by atoms with Crippen molar-refractivity contribution < 1.29 is 9.53 Å². The van der Waals surface area contributed by atoms with Gasteiger partial charge in [-0.05, 0) is 35.4 Å². The summed E-state index contributed by atoms with van der Waals surface area (Å²) in [4.78, 5) is 23.5. The fraction of sp³-hybridized carbons (Fsp3) is 0.400. The van der Waals surface area contributed by atoms with E-state index in [2.05, 4.69) is 27.3 Å². The van der Waals surface area contributed by atoms with Crippen LogP contribution in [0.5, 0.6) is 0 Å². The number of halogens is 1. The zero-order chi connectivity index (χ0) is 11.9. The van der Waals surface area contributed by atoms with Crippen LogP contribution in [0.3, 0.4) is 0 Å². The molecule has 1 aromatic heterocycles. The maximum absolute atomic E-state index is 12.0. The normalized spacial score (nSPS) is 13.6. The number of nitrogens with zero attached hydrogens (tertiary/aromatic N) is 1. The highest BCUT2D eigenvalue weighted by Crippen LogP contribution is 2.26. The van der Waals surface area contributed by atoms with Gasteiger partial charge >= 0.3 is 5.97 Å². The van der Waals surface area contributed by atoms with Crippen molar-refractivity contribution in [1.29, 1.82) is 0 Å². The van der Waals surface area contributed by atoms with Crippen LogP contribution in [0.15, 0.2) is 4.79 Å². The molecule has 0 saturated heterocycles. The van der Waals surface area contributed by atoms with E-state index in [1.165, 1.54) is 7.11 Å². The lowest BCUT2D eigenvalue weighted by molar-refractivity contribution is 0.0599. The van der Waals surface area contributed by atoms with Crippen molar-refractivity contribution >= 4 is 34.2 Å². The van der Waals surface area contributed by atoms with Gasteiger partial charge in [0.25, 0.3) is 5.56 Å². The Morgan fingerprint density at radius 2 is 2.25 bits per heavy atom. The predicted octanol–water partition coefficient (Wildman–Crippen LogP) is 0.768. The molecule has 1 aliphatic heterocycles. The number of methoxy groups -OCH3 is 1. The minimum Gasteiger partial charge on any atom is -0.465 e. The van der Waals surface area contributed by atoms with Gasteiger partial charge in [0.15, 0.2) is 0 Å². The van der Waals surface area contributed by atoms with E-state index in [-0.39, 0.29) is 16.8 Å². The molecule has 0 atom stereocenters. The Morgan fingerprint density at radius 3 is 2.88 bits per heavy atom. The molecule has 0 aliphatic carbocycles. The number of aromatic nitrogens is 1. The van der Waals surface area contributed by atoms with Gasteiger partial charge in [0.1, 0.15) is 5.56 Å². The monoisotopic (exact) mass is 334 g/mol. The van der Waals surface area contributed by atoms with Gasteiger partial charge < -0.3 is 15.0 Å². The smallest absolute Gasteiger partial charge is 0.345 e. The Balaban J connectivity index is 2.77. The van der Waals surface area contributed by atoms with Gasteiger partial charge in [-0.25, -0.2) is 4.79 Å². The summed E-state index contributed by atoms with van der Waals surface area (Å²) in [6, 6.07) is 0. The first-order valence-corrected chi connectivity index (χ1v) is 5.94. The van der Waals surface area contributed by atoms with Crippen molar-refractivity contribution in [2.24, 2.45) is 0 Å². The van der Waals surface area contributed by atoms with Crippen LogP contribution in [0.25, 0.3) is 0 Å². The van der Waals surface area contributed by atoms with Crippen molar-refractivity contribution in [3.05, 3.63) is 25.2 Å². The van der Waals surface area contributed by atoms with E-state index >= 15 is 0 Å². The van der Waals surface area contributed by atoms with E-state index < -0.39 is 5.97 Å². The van der Waals surface area contributed by atoms with Gasteiger partial charge in [-0.2, -0.15) is 0 Å². The van der Waals surface area contributed by atoms with E-state index in [1.807, 2.05) is 0 Å². The highest BCUT2D eigenvalue weighted by Gasteiger charge is 2.25. The summed E-state index contributed by atoms with van der Waals surface area (Å²) in [5.74, 6) is -0.664. The van der Waals surface area contributed by atoms with E-state index in [0.717, 1.165) is 22.1 Å². The second-order valence-corrected chi connectivity index (χ2v) is 4.68. The topological polar surface area (TPSA) is 74.3 Å². The van der Waals surface area contributed by atoms with Crippen LogP contribution in [0, 0.1) is 3.57 Å². The zero-order valence-electron chi connectivity index (χ0n) is 8.75. The molecule has 6 heteroatoms. The Bertz CT molecular complexity index is 522. The number of hydrogen-bond donors (Lipinski definition) is 1. The first-order valence-electron chi connectivity index (χ1n) is 4.87. The number of anilines is 1. The molecule has 0 amide bonds. The van der Waals surface area contributed by atoms with Gasteiger partial charge in [0, 0.05) is 12.2 Å². The van der Waals surface area contributed by atoms with E-state index in [1.54, 1.807) is 4.57 Å². The average Bonchev–Trinajstić information content (AvgIpc) is 2.75. The van der Waals surface area contributed by atoms with Crippen LogP contribution in [0.4, 0.5) is 5.69 Å². The van der Waals surface area contributed by atoms with Gasteiger partial charge in [0.2, 0.25) is 0 Å². The quantitative estimate of drug-likeness (QED) is 0.608. The standard InChI is InChI=1S/C10H11IN2O3/c1-16-10(15)6-8(12)7(11)5-3-2-4-13(5)9(6)14/h2-4,12H2,1H3. The molecule has 0 spiro atoms.